The van der Waals surface area contributed by atoms with Crippen LogP contribution in [0.4, 0.5) is 5.69 Å². The lowest BCUT2D eigenvalue weighted by Crippen LogP contribution is -2.29. The van der Waals surface area contributed by atoms with Gasteiger partial charge in [-0.3, -0.25) is 14.4 Å². The van der Waals surface area contributed by atoms with Crippen molar-refractivity contribution < 1.29 is 28.6 Å². The number of carboxylic acid groups (broad SMARTS) is 1. The second-order valence-electron chi connectivity index (χ2n) is 7.92. The Morgan fingerprint density at radius 2 is 1.61 bits per heavy atom. The van der Waals surface area contributed by atoms with E-state index in [2.05, 4.69) is 0 Å². The molecular formula is C23H25NO6P+. The molecule has 2 aromatic carbocycles. The summed E-state index contributed by atoms with van der Waals surface area (Å²) in [5, 5.41) is 9.25. The molecule has 1 N–H and O–H groups in total. The molecule has 1 aliphatic heterocycles. The van der Waals surface area contributed by atoms with Gasteiger partial charge in [0.2, 0.25) is 0 Å². The quantitative estimate of drug-likeness (QED) is 0.428. The van der Waals surface area contributed by atoms with Crippen LogP contribution in [0.15, 0.2) is 48.5 Å². The third-order valence-electron chi connectivity index (χ3n) is 5.09. The highest BCUT2D eigenvalue weighted by molar-refractivity contribution is 7.39. The van der Waals surface area contributed by atoms with E-state index in [4.69, 9.17) is 4.52 Å². The topological polar surface area (TPSA) is 101 Å². The Morgan fingerprint density at radius 3 is 2.13 bits per heavy atom. The summed E-state index contributed by atoms with van der Waals surface area (Å²) in [6.07, 6.45) is 0.936. The normalized spacial score (nSPS) is 14.7. The number of hydrogen-bond donors (Lipinski definition) is 1. The Bertz CT molecular complexity index is 966. The maximum atomic E-state index is 12.6. The minimum Gasteiger partial charge on any atom is -0.481 e. The maximum absolute atomic E-state index is 12.6. The first kappa shape index (κ1) is 22.8. The number of fused-ring (bicyclic) bond motifs is 1. The summed E-state index contributed by atoms with van der Waals surface area (Å²) in [6.45, 7) is 4.04. The number of amides is 2. The minimum absolute atomic E-state index is 0.00151. The lowest BCUT2D eigenvalue weighted by Gasteiger charge is -2.14. The first-order valence-corrected chi connectivity index (χ1v) is 11.5. The van der Waals surface area contributed by atoms with Gasteiger partial charge in [-0.25, -0.2) is 4.90 Å². The van der Waals surface area contributed by atoms with E-state index in [-0.39, 0.29) is 30.5 Å². The standard InChI is InChI=1S/C23H24NO6P/c1-15(2)13-17(23(27)28)14-31(29)30-12-11-16-7-9-18(10-8-16)24-21(25)19-5-3-4-6-20(19)22(24)26/h3-10,15,17H,11-14H2,1-2H3/p+1. The zero-order valence-corrected chi connectivity index (χ0v) is 18.4. The molecule has 0 bridgehead atoms. The molecule has 0 aromatic heterocycles. The van der Waals surface area contributed by atoms with Crippen LogP contribution in [0.2, 0.25) is 0 Å². The zero-order valence-electron chi connectivity index (χ0n) is 17.5. The summed E-state index contributed by atoms with van der Waals surface area (Å²) in [7, 11) is -2.06. The number of carboxylic acids is 1. The number of carbonyl (C=O) groups is 3. The van der Waals surface area contributed by atoms with Crippen LogP contribution >= 0.6 is 8.03 Å². The minimum atomic E-state index is -2.06. The fraction of sp³-hybridized carbons (Fsp3) is 0.348. The van der Waals surface area contributed by atoms with E-state index < -0.39 is 19.9 Å². The van der Waals surface area contributed by atoms with Crippen LogP contribution in [0.5, 0.6) is 0 Å². The summed E-state index contributed by atoms with van der Waals surface area (Å²) in [4.78, 5) is 37.6. The van der Waals surface area contributed by atoms with Gasteiger partial charge in [0.05, 0.1) is 16.8 Å². The maximum Gasteiger partial charge on any atom is 0.508 e. The highest BCUT2D eigenvalue weighted by atomic mass is 31.1. The molecule has 2 atom stereocenters. The van der Waals surface area contributed by atoms with Gasteiger partial charge < -0.3 is 5.11 Å². The lowest BCUT2D eigenvalue weighted by molar-refractivity contribution is -0.141. The van der Waals surface area contributed by atoms with Crippen LogP contribution in [-0.4, -0.2) is 35.7 Å². The largest absolute Gasteiger partial charge is 0.508 e. The monoisotopic (exact) mass is 442 g/mol. The predicted octanol–water partition coefficient (Wildman–Crippen LogP) is 4.54. The van der Waals surface area contributed by atoms with Crippen LogP contribution in [0, 0.1) is 11.8 Å². The highest BCUT2D eigenvalue weighted by Crippen LogP contribution is 2.30. The van der Waals surface area contributed by atoms with Crippen molar-refractivity contribution in [2.45, 2.75) is 26.7 Å². The molecule has 2 unspecified atom stereocenters. The Labute approximate surface area is 181 Å². The second-order valence-corrected chi connectivity index (χ2v) is 9.21. The molecule has 2 amide bonds. The van der Waals surface area contributed by atoms with Gasteiger partial charge in [-0.15, -0.1) is 4.52 Å². The summed E-state index contributed by atoms with van der Waals surface area (Å²) in [6, 6.07) is 13.7. The molecule has 162 valence electrons. The molecular weight excluding hydrogens is 417 g/mol. The van der Waals surface area contributed by atoms with Gasteiger partial charge in [-0.05, 0) is 46.7 Å². The second kappa shape index (κ2) is 9.94. The molecule has 3 rings (SSSR count). The third kappa shape index (κ3) is 5.43. The van der Waals surface area contributed by atoms with E-state index >= 15 is 0 Å². The van der Waals surface area contributed by atoms with Crippen molar-refractivity contribution in [1.82, 2.24) is 0 Å². The summed E-state index contributed by atoms with van der Waals surface area (Å²) in [5.41, 5.74) is 2.16. The molecule has 2 aromatic rings. The predicted molar refractivity (Wildman–Crippen MR) is 117 cm³/mol. The third-order valence-corrected chi connectivity index (χ3v) is 6.30. The molecule has 7 nitrogen and oxygen atoms in total. The number of nitrogens with zero attached hydrogens (tertiary/aromatic N) is 1. The van der Waals surface area contributed by atoms with Crippen molar-refractivity contribution in [3.05, 3.63) is 65.2 Å². The molecule has 0 saturated heterocycles. The molecule has 1 heterocycles. The fourth-order valence-corrected chi connectivity index (χ4v) is 4.62. The Kier molecular flexibility index (Phi) is 7.31. The first-order valence-electron chi connectivity index (χ1n) is 10.1. The van der Waals surface area contributed by atoms with Gasteiger partial charge in [0.1, 0.15) is 12.5 Å². The average molecular weight is 442 g/mol. The number of hydrogen-bond acceptors (Lipinski definition) is 5. The van der Waals surface area contributed by atoms with Gasteiger partial charge in [0.15, 0.2) is 6.16 Å². The number of rotatable bonds is 10. The van der Waals surface area contributed by atoms with E-state index in [1.165, 1.54) is 0 Å². The molecule has 8 heteroatoms. The SMILES string of the molecule is CC(C)CC(C[P+](=O)OCCc1ccc(N2C(=O)c3ccccc3C2=O)cc1)C(=O)O. The van der Waals surface area contributed by atoms with Crippen molar-refractivity contribution in [2.75, 3.05) is 17.7 Å². The first-order chi connectivity index (χ1) is 14.8. The van der Waals surface area contributed by atoms with Gasteiger partial charge >= 0.3 is 14.0 Å². The van der Waals surface area contributed by atoms with Crippen molar-refractivity contribution in [3.63, 3.8) is 0 Å². The molecule has 0 saturated carbocycles. The van der Waals surface area contributed by atoms with Gasteiger partial charge in [0, 0.05) is 6.42 Å². The van der Waals surface area contributed by atoms with E-state index in [0.29, 0.717) is 29.7 Å². The van der Waals surface area contributed by atoms with Gasteiger partial charge in [-0.2, -0.15) is 0 Å². The summed E-state index contributed by atoms with van der Waals surface area (Å²) in [5.74, 6) is -2.12. The lowest BCUT2D eigenvalue weighted by atomic mass is 9.99. The van der Waals surface area contributed by atoms with E-state index in [9.17, 15) is 24.1 Å². The molecule has 0 aliphatic carbocycles. The van der Waals surface area contributed by atoms with Crippen molar-refractivity contribution in [3.8, 4) is 0 Å². The Morgan fingerprint density at radius 1 is 1.03 bits per heavy atom. The molecule has 1 aliphatic rings. The van der Waals surface area contributed by atoms with E-state index in [0.717, 1.165) is 10.5 Å². The summed E-state index contributed by atoms with van der Waals surface area (Å²) < 4.78 is 17.5. The number of benzene rings is 2. The van der Waals surface area contributed by atoms with Crippen LogP contribution in [0.1, 0.15) is 46.5 Å². The Balaban J connectivity index is 1.54. The molecule has 0 fully saturated rings. The number of carbonyl (C=O) groups excluding carboxylic acids is 2. The van der Waals surface area contributed by atoms with Crippen LogP contribution in [-0.2, 0) is 20.3 Å². The smallest absolute Gasteiger partial charge is 0.481 e. The Hall–Kier alpha value is -2.89. The van der Waals surface area contributed by atoms with Crippen LogP contribution in [0.3, 0.4) is 0 Å². The van der Waals surface area contributed by atoms with Crippen molar-refractivity contribution >= 4 is 31.5 Å². The van der Waals surface area contributed by atoms with Crippen LogP contribution < -0.4 is 4.90 Å². The highest BCUT2D eigenvalue weighted by Gasteiger charge is 2.36. The van der Waals surface area contributed by atoms with Crippen LogP contribution in [0.25, 0.3) is 0 Å². The van der Waals surface area contributed by atoms with Crippen molar-refractivity contribution in [2.24, 2.45) is 11.8 Å². The molecule has 31 heavy (non-hydrogen) atoms. The number of anilines is 1. The molecule has 0 spiro atoms. The van der Waals surface area contributed by atoms with E-state index in [1.54, 1.807) is 48.5 Å². The van der Waals surface area contributed by atoms with E-state index in [1.807, 2.05) is 13.8 Å². The number of aliphatic carboxylic acids is 1. The van der Waals surface area contributed by atoms with Crippen molar-refractivity contribution in [1.29, 1.82) is 0 Å². The summed E-state index contributed by atoms with van der Waals surface area (Å²) >= 11 is 0. The number of imide groups is 1. The zero-order chi connectivity index (χ0) is 22.5. The molecule has 0 radical (unpaired) electrons. The van der Waals surface area contributed by atoms with Gasteiger partial charge in [0.25, 0.3) is 11.8 Å². The average Bonchev–Trinajstić information content (AvgIpc) is 2.98. The van der Waals surface area contributed by atoms with Gasteiger partial charge in [-0.1, -0.05) is 38.1 Å². The fourth-order valence-electron chi connectivity index (χ4n) is 3.56.